The molecule has 166 valence electrons. The number of nitrogens with zero attached hydrogens (tertiary/aromatic N) is 2. The molecule has 0 fully saturated rings. The van der Waals surface area contributed by atoms with Crippen molar-refractivity contribution >= 4 is 47.0 Å². The lowest BCUT2D eigenvalue weighted by Gasteiger charge is -2.10. The van der Waals surface area contributed by atoms with Crippen molar-refractivity contribution < 1.29 is 9.59 Å². The molecular formula is C16H28ClN11O2. The molecule has 0 aromatic carbocycles. The molecule has 1 rings (SSSR count). The van der Waals surface area contributed by atoms with Crippen LogP contribution in [0.5, 0.6) is 0 Å². The molecule has 1 aromatic rings. The van der Waals surface area contributed by atoms with Crippen LogP contribution in [0.2, 0.25) is 5.15 Å². The molecular weight excluding hydrogens is 414 g/mol. The highest BCUT2D eigenvalue weighted by Crippen LogP contribution is 2.17. The second-order valence-corrected chi connectivity index (χ2v) is 6.60. The van der Waals surface area contributed by atoms with Crippen molar-refractivity contribution in [3.05, 3.63) is 10.8 Å². The molecule has 0 spiro atoms. The first kappa shape index (κ1) is 24.7. The third-order valence-corrected chi connectivity index (χ3v) is 4.03. The summed E-state index contributed by atoms with van der Waals surface area (Å²) in [4.78, 5) is 31.1. The maximum Gasteiger partial charge on any atom is 0.280 e. The number of halogens is 1. The highest BCUT2D eigenvalue weighted by Gasteiger charge is 2.16. The zero-order valence-electron chi connectivity index (χ0n) is 16.5. The quantitative estimate of drug-likeness (QED) is 0.117. The number of hydrogen-bond donors (Lipinski definition) is 9. The van der Waals surface area contributed by atoms with E-state index in [0.29, 0.717) is 19.6 Å². The van der Waals surface area contributed by atoms with Gasteiger partial charge in [-0.15, -0.1) is 0 Å². The van der Waals surface area contributed by atoms with Gasteiger partial charge in [0, 0.05) is 26.1 Å². The van der Waals surface area contributed by atoms with Crippen molar-refractivity contribution in [2.24, 2.45) is 5.73 Å². The average molecular weight is 442 g/mol. The standard InChI is InChI=1S/C16H28ClN11O2/c17-11-13(19)27-12(18)10(26-11)14(30)28-16(22)25-7-4-2-1-3-6-23-9(29)5-8-24-15(20)21/h1-8H2,(H,23,29)(H4,18,19,27)(H4,20,21,24)(H3,22,25,28,30). The molecule has 2 amide bonds. The Hall–Kier alpha value is -3.35. The van der Waals surface area contributed by atoms with Gasteiger partial charge in [0.05, 0.1) is 0 Å². The number of rotatable bonds is 11. The normalized spacial score (nSPS) is 10.2. The lowest BCUT2D eigenvalue weighted by Crippen LogP contribution is -2.41. The van der Waals surface area contributed by atoms with Gasteiger partial charge in [-0.3, -0.25) is 25.7 Å². The first-order valence-electron chi connectivity index (χ1n) is 9.27. The first-order chi connectivity index (χ1) is 14.2. The maximum absolute atomic E-state index is 12.1. The number of nitrogens with two attached hydrogens (primary N) is 3. The SMILES string of the molecule is N=C(N)NCCC(=O)NCCCCCCNC(=N)NC(=O)c1nc(Cl)c(N)nc1N. The molecule has 14 heteroatoms. The molecule has 0 bridgehead atoms. The van der Waals surface area contributed by atoms with Crippen molar-refractivity contribution in [3.63, 3.8) is 0 Å². The summed E-state index contributed by atoms with van der Waals surface area (Å²) >= 11 is 5.73. The van der Waals surface area contributed by atoms with Crippen molar-refractivity contribution in [3.8, 4) is 0 Å². The molecule has 12 N–H and O–H groups in total. The fourth-order valence-corrected chi connectivity index (χ4v) is 2.40. The molecule has 0 saturated carbocycles. The molecule has 0 radical (unpaired) electrons. The smallest absolute Gasteiger partial charge is 0.280 e. The molecule has 13 nitrogen and oxygen atoms in total. The number of carbonyl (C=O) groups excluding carboxylic acids is 2. The third-order valence-electron chi connectivity index (χ3n) is 3.75. The number of aromatic nitrogens is 2. The summed E-state index contributed by atoms with van der Waals surface area (Å²) in [6, 6.07) is 0. The average Bonchev–Trinajstić information content (AvgIpc) is 2.66. The summed E-state index contributed by atoms with van der Waals surface area (Å²) in [5.41, 5.74) is 16.0. The fourth-order valence-electron chi connectivity index (χ4n) is 2.27. The van der Waals surface area contributed by atoms with E-state index in [1.54, 1.807) is 0 Å². The molecule has 30 heavy (non-hydrogen) atoms. The summed E-state index contributed by atoms with van der Waals surface area (Å²) < 4.78 is 0. The number of amides is 2. The van der Waals surface area contributed by atoms with Crippen LogP contribution in [0.15, 0.2) is 0 Å². The van der Waals surface area contributed by atoms with Crippen LogP contribution in [0.25, 0.3) is 0 Å². The minimum absolute atomic E-state index is 0.0801. The van der Waals surface area contributed by atoms with E-state index in [4.69, 9.17) is 39.6 Å². The molecule has 1 aromatic heterocycles. The van der Waals surface area contributed by atoms with Gasteiger partial charge in [-0.25, -0.2) is 9.97 Å². The summed E-state index contributed by atoms with van der Waals surface area (Å²) in [7, 11) is 0. The number of nitrogen functional groups attached to an aromatic ring is 2. The Kier molecular flexibility index (Phi) is 10.7. The van der Waals surface area contributed by atoms with Crippen LogP contribution in [-0.2, 0) is 4.79 Å². The van der Waals surface area contributed by atoms with Gasteiger partial charge >= 0.3 is 0 Å². The summed E-state index contributed by atoms with van der Waals surface area (Å²) in [6.07, 6.45) is 3.67. The molecule has 0 aliphatic heterocycles. The van der Waals surface area contributed by atoms with Crippen LogP contribution < -0.4 is 38.5 Å². The molecule has 0 saturated heterocycles. The van der Waals surface area contributed by atoms with Gasteiger partial charge in [0.2, 0.25) is 5.91 Å². The van der Waals surface area contributed by atoms with E-state index in [-0.39, 0.29) is 46.7 Å². The van der Waals surface area contributed by atoms with Crippen molar-refractivity contribution in [1.82, 2.24) is 31.2 Å². The number of nitrogens with one attached hydrogen (secondary N) is 6. The van der Waals surface area contributed by atoms with Crippen LogP contribution in [0.3, 0.4) is 0 Å². The monoisotopic (exact) mass is 441 g/mol. The Bertz CT molecular complexity index is 772. The molecule has 1 heterocycles. The summed E-state index contributed by atoms with van der Waals surface area (Å²) in [6.45, 7) is 1.40. The van der Waals surface area contributed by atoms with E-state index >= 15 is 0 Å². The maximum atomic E-state index is 12.1. The third kappa shape index (κ3) is 9.73. The Labute approximate surface area is 178 Å². The largest absolute Gasteiger partial charge is 0.382 e. The minimum atomic E-state index is -0.714. The molecule has 0 aliphatic rings. The second-order valence-electron chi connectivity index (χ2n) is 6.24. The Morgan fingerprint density at radius 3 is 2.17 bits per heavy atom. The van der Waals surface area contributed by atoms with Crippen molar-refractivity contribution in [2.45, 2.75) is 32.1 Å². The zero-order chi connectivity index (χ0) is 22.5. The van der Waals surface area contributed by atoms with Gasteiger partial charge in [0.1, 0.15) is 0 Å². The number of unbranched alkanes of at least 4 members (excludes halogenated alkanes) is 3. The van der Waals surface area contributed by atoms with Crippen LogP contribution in [0.1, 0.15) is 42.6 Å². The predicted molar refractivity (Wildman–Crippen MR) is 115 cm³/mol. The number of guanidine groups is 2. The first-order valence-corrected chi connectivity index (χ1v) is 9.65. The zero-order valence-corrected chi connectivity index (χ0v) is 17.2. The van der Waals surface area contributed by atoms with Crippen LogP contribution in [-0.4, -0.2) is 53.3 Å². The van der Waals surface area contributed by atoms with E-state index in [9.17, 15) is 9.59 Å². The fraction of sp³-hybridized carbons (Fsp3) is 0.500. The van der Waals surface area contributed by atoms with Gasteiger partial charge in [-0.05, 0) is 12.8 Å². The lowest BCUT2D eigenvalue weighted by atomic mass is 10.2. The van der Waals surface area contributed by atoms with Crippen LogP contribution in [0, 0.1) is 10.8 Å². The van der Waals surface area contributed by atoms with Gasteiger partial charge in [-0.2, -0.15) is 0 Å². The minimum Gasteiger partial charge on any atom is -0.382 e. The Morgan fingerprint density at radius 2 is 1.53 bits per heavy atom. The van der Waals surface area contributed by atoms with Crippen LogP contribution in [0.4, 0.5) is 11.6 Å². The van der Waals surface area contributed by atoms with E-state index in [1.807, 2.05) is 0 Å². The van der Waals surface area contributed by atoms with Gasteiger partial charge in [0.15, 0.2) is 34.4 Å². The Balaban J connectivity index is 2.11. The van der Waals surface area contributed by atoms with E-state index in [2.05, 4.69) is 31.2 Å². The highest BCUT2D eigenvalue weighted by atomic mass is 35.5. The van der Waals surface area contributed by atoms with Crippen molar-refractivity contribution in [1.29, 1.82) is 10.8 Å². The molecule has 0 aliphatic carbocycles. The van der Waals surface area contributed by atoms with Crippen molar-refractivity contribution in [2.75, 3.05) is 31.1 Å². The van der Waals surface area contributed by atoms with E-state index < -0.39 is 5.91 Å². The van der Waals surface area contributed by atoms with Gasteiger partial charge < -0.3 is 33.2 Å². The van der Waals surface area contributed by atoms with E-state index in [0.717, 1.165) is 25.7 Å². The number of hydrogen-bond acceptors (Lipinski definition) is 8. The molecule has 0 atom stereocenters. The summed E-state index contributed by atoms with van der Waals surface area (Å²) in [5, 5.41) is 25.0. The second kappa shape index (κ2) is 13.0. The Morgan fingerprint density at radius 1 is 0.900 bits per heavy atom. The summed E-state index contributed by atoms with van der Waals surface area (Å²) in [5.74, 6) is -1.42. The lowest BCUT2D eigenvalue weighted by molar-refractivity contribution is -0.120. The number of carbonyl (C=O) groups is 2. The van der Waals surface area contributed by atoms with Gasteiger partial charge in [0.25, 0.3) is 5.91 Å². The molecule has 0 unspecified atom stereocenters. The predicted octanol–water partition coefficient (Wildman–Crippen LogP) is -0.902. The number of anilines is 2. The van der Waals surface area contributed by atoms with Crippen LogP contribution >= 0.6 is 11.6 Å². The van der Waals surface area contributed by atoms with Gasteiger partial charge in [-0.1, -0.05) is 24.4 Å². The highest BCUT2D eigenvalue weighted by molar-refractivity contribution is 6.31. The topological polar surface area (TPSA) is 234 Å². The van der Waals surface area contributed by atoms with E-state index in [1.165, 1.54) is 0 Å².